The van der Waals surface area contributed by atoms with Crippen molar-refractivity contribution in [3.8, 4) is 11.8 Å². The van der Waals surface area contributed by atoms with Crippen molar-refractivity contribution in [1.29, 1.82) is 5.26 Å². The molecule has 0 aliphatic carbocycles. The van der Waals surface area contributed by atoms with Crippen LogP contribution < -0.4 is 15.0 Å². The van der Waals surface area contributed by atoms with Gasteiger partial charge in [-0.05, 0) is 48.2 Å². The molecule has 0 bridgehead atoms. The molecule has 2 heterocycles. The summed E-state index contributed by atoms with van der Waals surface area (Å²) in [6.07, 6.45) is 3.37. The van der Waals surface area contributed by atoms with Crippen molar-refractivity contribution in [2.75, 3.05) is 17.3 Å². The van der Waals surface area contributed by atoms with Gasteiger partial charge in [-0.3, -0.25) is 9.88 Å². The molecule has 0 saturated carbocycles. The Morgan fingerprint density at radius 1 is 1.12 bits per heavy atom. The van der Waals surface area contributed by atoms with Gasteiger partial charge in [0.1, 0.15) is 17.4 Å². The van der Waals surface area contributed by atoms with Crippen LogP contribution in [0.15, 0.2) is 79.3 Å². The van der Waals surface area contributed by atoms with Gasteiger partial charge in [-0.15, -0.1) is 0 Å². The molecule has 0 unspecified atom stereocenters. The van der Waals surface area contributed by atoms with Gasteiger partial charge in [0.05, 0.1) is 47.5 Å². The van der Waals surface area contributed by atoms with Crippen LogP contribution in [0.25, 0.3) is 10.9 Å². The number of ether oxygens (including phenoxy) is 1. The normalized spacial score (nSPS) is 12.4. The fraction of sp³-hybridized carbons (Fsp3) is 0.111. The number of anilines is 3. The molecule has 0 amide bonds. The van der Waals surface area contributed by atoms with Gasteiger partial charge in [0.15, 0.2) is 0 Å². The highest BCUT2D eigenvalue weighted by Gasteiger charge is 2.29. The van der Waals surface area contributed by atoms with Gasteiger partial charge >= 0.3 is 0 Å². The molecule has 162 valence electrons. The SMILES string of the molecule is C=C1Nc2cnc3cc(OC)c(CCc4ccccc4)cc3c2N1c1ccc(C#N)cc1F. The largest absolute Gasteiger partial charge is 0.496 e. The number of pyridine rings is 1. The molecular weight excluding hydrogens is 415 g/mol. The second-order valence-electron chi connectivity index (χ2n) is 7.87. The Kier molecular flexibility index (Phi) is 5.15. The Hall–Kier alpha value is -4.37. The number of nitrogens with zero attached hydrogens (tertiary/aromatic N) is 3. The molecule has 1 aliphatic heterocycles. The van der Waals surface area contributed by atoms with Crippen molar-refractivity contribution in [3.05, 3.63) is 102 Å². The van der Waals surface area contributed by atoms with Crippen molar-refractivity contribution >= 4 is 28.0 Å². The fourth-order valence-corrected chi connectivity index (χ4v) is 4.26. The van der Waals surface area contributed by atoms with Crippen LogP contribution in [0.2, 0.25) is 0 Å². The number of nitrogens with one attached hydrogen (secondary N) is 1. The van der Waals surface area contributed by atoms with E-state index in [1.165, 1.54) is 11.6 Å². The van der Waals surface area contributed by atoms with Gasteiger partial charge in [-0.1, -0.05) is 36.9 Å². The number of hydrogen-bond acceptors (Lipinski definition) is 5. The number of aromatic nitrogens is 1. The number of rotatable bonds is 5. The van der Waals surface area contributed by atoms with E-state index in [0.29, 0.717) is 11.5 Å². The predicted octanol–water partition coefficient (Wildman–Crippen LogP) is 6.07. The van der Waals surface area contributed by atoms with Crippen LogP contribution in [0.3, 0.4) is 0 Å². The maximum Gasteiger partial charge on any atom is 0.148 e. The van der Waals surface area contributed by atoms with Crippen molar-refractivity contribution in [1.82, 2.24) is 4.98 Å². The number of benzene rings is 3. The molecule has 5 nitrogen and oxygen atoms in total. The lowest BCUT2D eigenvalue weighted by Crippen LogP contribution is -2.15. The molecular formula is C27H21FN4O. The molecule has 33 heavy (non-hydrogen) atoms. The van der Waals surface area contributed by atoms with Crippen molar-refractivity contribution in [3.63, 3.8) is 0 Å². The Balaban J connectivity index is 1.63. The fourth-order valence-electron chi connectivity index (χ4n) is 4.26. The molecule has 0 saturated heterocycles. The minimum absolute atomic E-state index is 0.266. The third-order valence-corrected chi connectivity index (χ3v) is 5.86. The second-order valence-corrected chi connectivity index (χ2v) is 7.87. The summed E-state index contributed by atoms with van der Waals surface area (Å²) in [7, 11) is 1.66. The third-order valence-electron chi connectivity index (χ3n) is 5.86. The summed E-state index contributed by atoms with van der Waals surface area (Å²) in [5.41, 5.74) is 5.13. The van der Waals surface area contributed by atoms with Crippen LogP contribution in [0.1, 0.15) is 16.7 Å². The number of methoxy groups -OCH3 is 1. The van der Waals surface area contributed by atoms with E-state index in [2.05, 4.69) is 35.1 Å². The van der Waals surface area contributed by atoms with Gasteiger partial charge in [0, 0.05) is 11.5 Å². The van der Waals surface area contributed by atoms with E-state index in [9.17, 15) is 4.39 Å². The highest BCUT2D eigenvalue weighted by molar-refractivity contribution is 6.05. The maximum atomic E-state index is 15.0. The average Bonchev–Trinajstić information content (AvgIpc) is 3.18. The van der Waals surface area contributed by atoms with E-state index >= 15 is 0 Å². The highest BCUT2D eigenvalue weighted by atomic mass is 19.1. The quantitative estimate of drug-likeness (QED) is 0.411. The van der Waals surface area contributed by atoms with Gasteiger partial charge in [0.25, 0.3) is 0 Å². The number of aryl methyl sites for hydroxylation is 2. The van der Waals surface area contributed by atoms with Gasteiger partial charge in [-0.25, -0.2) is 4.39 Å². The monoisotopic (exact) mass is 436 g/mol. The molecule has 0 fully saturated rings. The number of halogens is 1. The standard InChI is InChI=1S/C27H21FN4O/c1-17-31-24-16-30-23-14-26(33-2)20(10-8-18-6-4-3-5-7-18)13-21(23)27(24)32(17)25-11-9-19(15-29)12-22(25)28/h3-7,9,11-14,16,31H,1,8,10H2,2H3. The van der Waals surface area contributed by atoms with Crippen molar-refractivity contribution in [2.24, 2.45) is 0 Å². The van der Waals surface area contributed by atoms with E-state index in [-0.39, 0.29) is 5.56 Å². The van der Waals surface area contributed by atoms with Crippen LogP contribution in [-0.4, -0.2) is 12.1 Å². The van der Waals surface area contributed by atoms with E-state index < -0.39 is 5.82 Å². The Bertz CT molecular complexity index is 1430. The number of hydrogen-bond donors (Lipinski definition) is 1. The summed E-state index contributed by atoms with van der Waals surface area (Å²) >= 11 is 0. The summed E-state index contributed by atoms with van der Waals surface area (Å²) in [5, 5.41) is 13.2. The van der Waals surface area contributed by atoms with Crippen LogP contribution in [0.4, 0.5) is 21.5 Å². The number of nitriles is 1. The molecule has 1 aromatic heterocycles. The second kappa shape index (κ2) is 8.29. The van der Waals surface area contributed by atoms with Crippen molar-refractivity contribution < 1.29 is 9.13 Å². The third kappa shape index (κ3) is 3.64. The van der Waals surface area contributed by atoms with E-state index in [0.717, 1.165) is 46.4 Å². The lowest BCUT2D eigenvalue weighted by molar-refractivity contribution is 0.410. The zero-order valence-corrected chi connectivity index (χ0v) is 18.1. The summed E-state index contributed by atoms with van der Waals surface area (Å²) in [4.78, 5) is 6.33. The zero-order valence-electron chi connectivity index (χ0n) is 18.1. The smallest absolute Gasteiger partial charge is 0.148 e. The Morgan fingerprint density at radius 3 is 2.67 bits per heavy atom. The average molecular weight is 436 g/mol. The molecule has 0 spiro atoms. The first kappa shape index (κ1) is 20.5. The molecule has 4 aromatic rings. The zero-order chi connectivity index (χ0) is 22.9. The van der Waals surface area contributed by atoms with E-state index in [4.69, 9.17) is 10.00 Å². The molecule has 0 radical (unpaired) electrons. The summed E-state index contributed by atoms with van der Waals surface area (Å²) in [5.74, 6) is 0.795. The van der Waals surface area contributed by atoms with E-state index in [1.54, 1.807) is 30.3 Å². The maximum absolute atomic E-state index is 15.0. The van der Waals surface area contributed by atoms with Crippen LogP contribution >= 0.6 is 0 Å². The summed E-state index contributed by atoms with van der Waals surface area (Å²) in [6, 6.07) is 20.7. The van der Waals surface area contributed by atoms with Crippen LogP contribution in [-0.2, 0) is 12.8 Å². The van der Waals surface area contributed by atoms with Gasteiger partial charge < -0.3 is 10.1 Å². The van der Waals surface area contributed by atoms with E-state index in [1.807, 2.05) is 30.3 Å². The lowest BCUT2D eigenvalue weighted by atomic mass is 10.0. The minimum Gasteiger partial charge on any atom is -0.496 e. The van der Waals surface area contributed by atoms with Crippen molar-refractivity contribution in [2.45, 2.75) is 12.8 Å². The van der Waals surface area contributed by atoms with Crippen LogP contribution in [0.5, 0.6) is 5.75 Å². The molecule has 3 aromatic carbocycles. The predicted molar refractivity (Wildman–Crippen MR) is 128 cm³/mol. The molecule has 0 atom stereocenters. The highest BCUT2D eigenvalue weighted by Crippen LogP contribution is 2.46. The Morgan fingerprint density at radius 2 is 1.94 bits per heavy atom. The first-order chi connectivity index (χ1) is 16.1. The molecule has 5 rings (SSSR count). The molecule has 6 heteroatoms. The molecule has 1 aliphatic rings. The summed E-state index contributed by atoms with van der Waals surface area (Å²) in [6.45, 7) is 4.08. The van der Waals surface area contributed by atoms with Gasteiger partial charge in [-0.2, -0.15) is 5.26 Å². The Labute approximate surface area is 191 Å². The first-order valence-corrected chi connectivity index (χ1v) is 10.6. The van der Waals surface area contributed by atoms with Gasteiger partial charge in [0.2, 0.25) is 0 Å². The number of fused-ring (bicyclic) bond motifs is 3. The lowest BCUT2D eigenvalue weighted by Gasteiger charge is -2.22. The molecule has 1 N–H and O–H groups in total. The topological polar surface area (TPSA) is 61.2 Å². The summed E-state index contributed by atoms with van der Waals surface area (Å²) < 4.78 is 20.6. The van der Waals surface area contributed by atoms with Crippen LogP contribution in [0, 0.1) is 17.1 Å². The first-order valence-electron chi connectivity index (χ1n) is 10.6. The minimum atomic E-state index is -0.493.